The molecule has 1 aromatic rings. The molecule has 0 aromatic heterocycles. The summed E-state index contributed by atoms with van der Waals surface area (Å²) in [6.07, 6.45) is 1.35. The second-order valence-electron chi connectivity index (χ2n) is 3.97. The predicted octanol–water partition coefficient (Wildman–Crippen LogP) is 3.32. The second-order valence-corrected chi connectivity index (χ2v) is 4.82. The molecule has 3 nitrogen and oxygen atoms in total. The molecule has 1 atom stereocenters. The van der Waals surface area contributed by atoms with Crippen LogP contribution in [0.15, 0.2) is 18.2 Å². The van der Waals surface area contributed by atoms with Crippen LogP contribution in [-0.2, 0) is 9.53 Å². The lowest BCUT2D eigenvalue weighted by molar-refractivity contribution is -0.149. The minimum Gasteiger partial charge on any atom is -0.477 e. The van der Waals surface area contributed by atoms with E-state index in [1.54, 1.807) is 18.2 Å². The van der Waals surface area contributed by atoms with E-state index in [4.69, 9.17) is 32.7 Å². The monoisotopic (exact) mass is 274 g/mol. The van der Waals surface area contributed by atoms with Crippen molar-refractivity contribution < 1.29 is 14.3 Å². The Balaban J connectivity index is 2.16. The molecule has 0 amide bonds. The smallest absolute Gasteiger partial charge is 0.347 e. The van der Waals surface area contributed by atoms with Crippen LogP contribution < -0.4 is 4.74 Å². The SMILES string of the molecule is COC(=O)C(Oc1cc(Cl)ccc1Cl)C1CC1. The van der Waals surface area contributed by atoms with Gasteiger partial charge in [-0.15, -0.1) is 0 Å². The number of carbonyl (C=O) groups is 1. The second kappa shape index (κ2) is 5.15. The molecule has 1 aromatic carbocycles. The summed E-state index contributed by atoms with van der Waals surface area (Å²) in [5, 5.41) is 0.952. The molecule has 92 valence electrons. The van der Waals surface area contributed by atoms with Crippen molar-refractivity contribution in [1.29, 1.82) is 0 Å². The van der Waals surface area contributed by atoms with Gasteiger partial charge >= 0.3 is 5.97 Å². The molecule has 5 heteroatoms. The lowest BCUT2D eigenvalue weighted by Crippen LogP contribution is -2.30. The topological polar surface area (TPSA) is 35.5 Å². The number of carbonyl (C=O) groups excluding carboxylic acids is 1. The van der Waals surface area contributed by atoms with E-state index >= 15 is 0 Å². The molecule has 0 aliphatic heterocycles. The van der Waals surface area contributed by atoms with Gasteiger partial charge in [0.05, 0.1) is 12.1 Å². The third-order valence-corrected chi connectivity index (χ3v) is 3.18. The van der Waals surface area contributed by atoms with E-state index in [0.717, 1.165) is 12.8 Å². The molecule has 1 aliphatic rings. The Bertz CT molecular complexity index is 430. The average Bonchev–Trinajstić information content (AvgIpc) is 3.13. The van der Waals surface area contributed by atoms with Gasteiger partial charge in [0.25, 0.3) is 0 Å². The maximum Gasteiger partial charge on any atom is 0.347 e. The molecule has 2 rings (SSSR count). The minimum atomic E-state index is -0.587. The molecule has 0 N–H and O–H groups in total. The van der Waals surface area contributed by atoms with Gasteiger partial charge in [-0.05, 0) is 25.0 Å². The van der Waals surface area contributed by atoms with E-state index in [1.807, 2.05) is 0 Å². The lowest BCUT2D eigenvalue weighted by Gasteiger charge is -2.17. The van der Waals surface area contributed by atoms with Crippen LogP contribution in [0.4, 0.5) is 0 Å². The summed E-state index contributed by atoms with van der Waals surface area (Å²) in [7, 11) is 1.35. The fourth-order valence-electron chi connectivity index (χ4n) is 1.56. The Morgan fingerprint density at radius 3 is 2.71 bits per heavy atom. The van der Waals surface area contributed by atoms with Crippen LogP contribution in [0.5, 0.6) is 5.75 Å². The molecule has 0 heterocycles. The number of methoxy groups -OCH3 is 1. The largest absolute Gasteiger partial charge is 0.477 e. The summed E-state index contributed by atoms with van der Waals surface area (Å²) < 4.78 is 10.3. The maximum atomic E-state index is 11.6. The van der Waals surface area contributed by atoms with Crippen molar-refractivity contribution in [2.45, 2.75) is 18.9 Å². The van der Waals surface area contributed by atoms with Gasteiger partial charge in [-0.25, -0.2) is 4.79 Å². The van der Waals surface area contributed by atoms with Crippen molar-refractivity contribution in [1.82, 2.24) is 0 Å². The molecule has 1 saturated carbocycles. The van der Waals surface area contributed by atoms with Crippen molar-refractivity contribution in [2.24, 2.45) is 5.92 Å². The number of hydrogen-bond acceptors (Lipinski definition) is 3. The Morgan fingerprint density at radius 2 is 2.12 bits per heavy atom. The van der Waals surface area contributed by atoms with Crippen LogP contribution in [0, 0.1) is 5.92 Å². The van der Waals surface area contributed by atoms with Gasteiger partial charge in [-0.1, -0.05) is 23.2 Å². The first-order valence-electron chi connectivity index (χ1n) is 5.31. The minimum absolute atomic E-state index is 0.220. The Hall–Kier alpha value is -0.930. The molecule has 1 fully saturated rings. The molecule has 1 aliphatic carbocycles. The predicted molar refractivity (Wildman–Crippen MR) is 65.6 cm³/mol. The summed E-state index contributed by atoms with van der Waals surface area (Å²) in [4.78, 5) is 11.6. The normalized spacial score (nSPS) is 16.4. The fourth-order valence-corrected chi connectivity index (χ4v) is 1.88. The number of halogens is 2. The van der Waals surface area contributed by atoms with E-state index < -0.39 is 6.10 Å². The molecule has 0 saturated heterocycles. The van der Waals surface area contributed by atoms with Crippen molar-refractivity contribution in [3.8, 4) is 5.75 Å². The van der Waals surface area contributed by atoms with Gasteiger partial charge < -0.3 is 9.47 Å². The van der Waals surface area contributed by atoms with Crippen LogP contribution in [-0.4, -0.2) is 19.2 Å². The van der Waals surface area contributed by atoms with Crippen molar-refractivity contribution in [3.63, 3.8) is 0 Å². The zero-order valence-corrected chi connectivity index (χ0v) is 10.8. The molecular weight excluding hydrogens is 263 g/mol. The van der Waals surface area contributed by atoms with E-state index in [-0.39, 0.29) is 11.9 Å². The van der Waals surface area contributed by atoms with Crippen molar-refractivity contribution >= 4 is 29.2 Å². The third-order valence-electron chi connectivity index (χ3n) is 2.63. The molecule has 0 bridgehead atoms. The zero-order chi connectivity index (χ0) is 12.4. The summed E-state index contributed by atoms with van der Waals surface area (Å²) in [5.41, 5.74) is 0. The fraction of sp³-hybridized carbons (Fsp3) is 0.417. The highest BCUT2D eigenvalue weighted by atomic mass is 35.5. The summed E-state index contributed by atoms with van der Waals surface area (Å²) in [5.74, 6) is 0.266. The first-order valence-corrected chi connectivity index (χ1v) is 6.07. The molecule has 0 radical (unpaired) electrons. The van der Waals surface area contributed by atoms with Gasteiger partial charge in [0, 0.05) is 17.0 Å². The van der Waals surface area contributed by atoms with Gasteiger partial charge in [0.15, 0.2) is 6.10 Å². The summed E-state index contributed by atoms with van der Waals surface area (Å²) >= 11 is 11.8. The van der Waals surface area contributed by atoms with Crippen LogP contribution >= 0.6 is 23.2 Å². The van der Waals surface area contributed by atoms with Crippen molar-refractivity contribution in [3.05, 3.63) is 28.2 Å². The average molecular weight is 275 g/mol. The number of rotatable bonds is 4. The third kappa shape index (κ3) is 3.05. The lowest BCUT2D eigenvalue weighted by atomic mass is 10.2. The van der Waals surface area contributed by atoms with Gasteiger partial charge in [-0.3, -0.25) is 0 Å². The van der Waals surface area contributed by atoms with Crippen molar-refractivity contribution in [2.75, 3.05) is 7.11 Å². The van der Waals surface area contributed by atoms with Gasteiger partial charge in [0.1, 0.15) is 5.75 Å². The zero-order valence-electron chi connectivity index (χ0n) is 9.28. The number of benzene rings is 1. The van der Waals surface area contributed by atoms with E-state index in [2.05, 4.69) is 0 Å². The van der Waals surface area contributed by atoms with E-state index in [1.165, 1.54) is 7.11 Å². The summed E-state index contributed by atoms with van der Waals surface area (Å²) in [6, 6.07) is 4.91. The van der Waals surface area contributed by atoms with Crippen LogP contribution in [0.1, 0.15) is 12.8 Å². The van der Waals surface area contributed by atoms with Crippen LogP contribution in [0.25, 0.3) is 0 Å². The first kappa shape index (κ1) is 12.5. The Labute approximate surface area is 110 Å². The highest BCUT2D eigenvalue weighted by molar-refractivity contribution is 6.34. The molecule has 17 heavy (non-hydrogen) atoms. The van der Waals surface area contributed by atoms with E-state index in [0.29, 0.717) is 15.8 Å². The number of esters is 1. The number of hydrogen-bond donors (Lipinski definition) is 0. The van der Waals surface area contributed by atoms with Gasteiger partial charge in [-0.2, -0.15) is 0 Å². The first-order chi connectivity index (χ1) is 8.11. The number of ether oxygens (including phenoxy) is 2. The highest BCUT2D eigenvalue weighted by Gasteiger charge is 2.39. The molecule has 1 unspecified atom stereocenters. The standard InChI is InChI=1S/C12H12Cl2O3/c1-16-12(15)11(7-2-3-7)17-10-6-8(13)4-5-9(10)14/h4-7,11H,2-3H2,1H3. The van der Waals surface area contributed by atoms with Gasteiger partial charge in [0.2, 0.25) is 0 Å². The highest BCUT2D eigenvalue weighted by Crippen LogP contribution is 2.37. The summed E-state index contributed by atoms with van der Waals surface area (Å²) in [6.45, 7) is 0. The molecular formula is C12H12Cl2O3. The van der Waals surface area contributed by atoms with Crippen LogP contribution in [0.2, 0.25) is 10.0 Å². The quantitative estimate of drug-likeness (QED) is 0.791. The van der Waals surface area contributed by atoms with E-state index in [9.17, 15) is 4.79 Å². The maximum absolute atomic E-state index is 11.6. The molecule has 0 spiro atoms. The Kier molecular flexibility index (Phi) is 3.79. The van der Waals surface area contributed by atoms with Crippen LogP contribution in [0.3, 0.4) is 0 Å². The Morgan fingerprint density at radius 1 is 1.41 bits per heavy atom.